The van der Waals surface area contributed by atoms with Crippen LogP contribution in [0.2, 0.25) is 0 Å². The molecule has 1 unspecified atom stereocenters. The zero-order valence-corrected chi connectivity index (χ0v) is 9.89. The number of Topliss-reactive ketones (excluding diaryl/α,β-unsaturated/α-hetero) is 1. The number of aromatic nitrogens is 2. The van der Waals surface area contributed by atoms with E-state index in [0.29, 0.717) is 0 Å². The number of ether oxygens (including phenoxy) is 1. The van der Waals surface area contributed by atoms with Crippen LogP contribution in [0.15, 0.2) is 12.4 Å². The van der Waals surface area contributed by atoms with Gasteiger partial charge in [-0.1, -0.05) is 20.8 Å². The number of hydrogen-bond acceptors (Lipinski definition) is 5. The number of methoxy groups -OCH3 is 1. The second kappa shape index (κ2) is 4.57. The lowest BCUT2D eigenvalue weighted by Gasteiger charge is -2.24. The largest absolute Gasteiger partial charge is 0.479 e. The van der Waals surface area contributed by atoms with Crippen molar-refractivity contribution in [1.82, 2.24) is 9.97 Å². The van der Waals surface area contributed by atoms with Gasteiger partial charge in [0.1, 0.15) is 6.10 Å². The topological polar surface area (TPSA) is 72.3 Å². The fourth-order valence-corrected chi connectivity index (χ4v) is 1.17. The number of carbonyl (C=O) groups excluding carboxylic acids is 1. The van der Waals surface area contributed by atoms with Crippen molar-refractivity contribution in [2.75, 3.05) is 7.11 Å². The molecule has 0 radical (unpaired) electrons. The summed E-state index contributed by atoms with van der Waals surface area (Å²) < 4.78 is 4.92. The normalized spacial score (nSPS) is 13.3. The standard InChI is InChI=1S/C11H16N2O3/c1-11(2,3)9(15)8(14)7-10(16-4)13-6-5-12-7/h5-6,9,15H,1-4H3. The Labute approximate surface area is 94.5 Å². The Morgan fingerprint density at radius 2 is 1.94 bits per heavy atom. The van der Waals surface area contributed by atoms with Gasteiger partial charge < -0.3 is 9.84 Å². The third kappa shape index (κ3) is 2.55. The maximum atomic E-state index is 11.9. The maximum absolute atomic E-state index is 11.9. The zero-order chi connectivity index (χ0) is 12.3. The molecule has 88 valence electrons. The molecule has 0 spiro atoms. The molecule has 16 heavy (non-hydrogen) atoms. The Hall–Kier alpha value is -1.49. The summed E-state index contributed by atoms with van der Waals surface area (Å²) in [4.78, 5) is 19.7. The van der Waals surface area contributed by atoms with Crippen LogP contribution in [0.4, 0.5) is 0 Å². The molecule has 0 saturated carbocycles. The summed E-state index contributed by atoms with van der Waals surface area (Å²) >= 11 is 0. The molecule has 1 N–H and O–H groups in total. The lowest BCUT2D eigenvalue weighted by molar-refractivity contribution is 0.0434. The summed E-state index contributed by atoms with van der Waals surface area (Å²) in [5, 5.41) is 9.85. The summed E-state index contributed by atoms with van der Waals surface area (Å²) in [7, 11) is 1.41. The van der Waals surface area contributed by atoms with E-state index >= 15 is 0 Å². The van der Waals surface area contributed by atoms with Crippen LogP contribution in [0.5, 0.6) is 5.88 Å². The predicted molar refractivity (Wildman–Crippen MR) is 58.4 cm³/mol. The molecular formula is C11H16N2O3. The highest BCUT2D eigenvalue weighted by molar-refractivity contribution is 5.99. The Balaban J connectivity index is 3.05. The van der Waals surface area contributed by atoms with E-state index in [1.807, 2.05) is 0 Å². The number of rotatable bonds is 3. The molecule has 1 aromatic heterocycles. The van der Waals surface area contributed by atoms with Gasteiger partial charge in [0.2, 0.25) is 11.7 Å². The quantitative estimate of drug-likeness (QED) is 0.778. The minimum absolute atomic E-state index is 0.0624. The van der Waals surface area contributed by atoms with Gasteiger partial charge in [0, 0.05) is 12.4 Å². The van der Waals surface area contributed by atoms with E-state index in [9.17, 15) is 9.90 Å². The number of aliphatic hydroxyl groups is 1. The molecule has 0 fully saturated rings. The predicted octanol–water partition coefficient (Wildman–Crippen LogP) is 1.07. The van der Waals surface area contributed by atoms with Gasteiger partial charge in [0.15, 0.2) is 5.69 Å². The van der Waals surface area contributed by atoms with Gasteiger partial charge in [0.05, 0.1) is 7.11 Å². The van der Waals surface area contributed by atoms with Crippen molar-refractivity contribution in [2.45, 2.75) is 26.9 Å². The van der Waals surface area contributed by atoms with E-state index in [2.05, 4.69) is 9.97 Å². The number of nitrogens with zero attached hydrogens (tertiary/aromatic N) is 2. The molecule has 0 bridgehead atoms. The van der Waals surface area contributed by atoms with Crippen LogP contribution in [0.1, 0.15) is 31.3 Å². The third-order valence-corrected chi connectivity index (χ3v) is 2.16. The molecule has 0 aliphatic carbocycles. The highest BCUT2D eigenvalue weighted by Crippen LogP contribution is 2.24. The number of ketones is 1. The summed E-state index contributed by atoms with van der Waals surface area (Å²) in [5.41, 5.74) is -0.480. The first-order valence-electron chi connectivity index (χ1n) is 4.95. The second-order valence-corrected chi connectivity index (χ2v) is 4.55. The molecule has 1 heterocycles. The summed E-state index contributed by atoms with van der Waals surface area (Å²) in [5.74, 6) is -0.340. The number of hydrogen-bond donors (Lipinski definition) is 1. The van der Waals surface area contributed by atoms with Gasteiger partial charge in [-0.05, 0) is 5.41 Å². The summed E-state index contributed by atoms with van der Waals surface area (Å²) in [6.45, 7) is 5.33. The zero-order valence-electron chi connectivity index (χ0n) is 9.89. The second-order valence-electron chi connectivity index (χ2n) is 4.55. The average molecular weight is 224 g/mol. The SMILES string of the molecule is COc1nccnc1C(=O)C(O)C(C)(C)C. The molecule has 0 aromatic carbocycles. The lowest BCUT2D eigenvalue weighted by atomic mass is 9.86. The molecule has 0 aliphatic rings. The number of aliphatic hydroxyl groups excluding tert-OH is 1. The first-order chi connectivity index (χ1) is 7.38. The van der Waals surface area contributed by atoms with Crippen molar-refractivity contribution < 1.29 is 14.6 Å². The monoisotopic (exact) mass is 224 g/mol. The fraction of sp³-hybridized carbons (Fsp3) is 0.545. The minimum atomic E-state index is -1.13. The molecule has 1 rings (SSSR count). The van der Waals surface area contributed by atoms with E-state index in [1.165, 1.54) is 19.5 Å². The Bertz CT molecular complexity index is 385. The van der Waals surface area contributed by atoms with Crippen LogP contribution in [0.25, 0.3) is 0 Å². The van der Waals surface area contributed by atoms with Crippen LogP contribution >= 0.6 is 0 Å². The van der Waals surface area contributed by atoms with Crippen molar-refractivity contribution in [2.24, 2.45) is 5.41 Å². The van der Waals surface area contributed by atoms with Crippen molar-refractivity contribution in [3.8, 4) is 5.88 Å². The van der Waals surface area contributed by atoms with Gasteiger partial charge in [-0.2, -0.15) is 0 Å². The van der Waals surface area contributed by atoms with Crippen molar-refractivity contribution in [1.29, 1.82) is 0 Å². The molecule has 0 aliphatic heterocycles. The minimum Gasteiger partial charge on any atom is -0.479 e. The molecule has 5 heteroatoms. The van der Waals surface area contributed by atoms with E-state index in [-0.39, 0.29) is 11.6 Å². The van der Waals surface area contributed by atoms with E-state index in [1.54, 1.807) is 20.8 Å². The highest BCUT2D eigenvalue weighted by Gasteiger charge is 2.32. The van der Waals surface area contributed by atoms with Gasteiger partial charge in [-0.15, -0.1) is 0 Å². The smallest absolute Gasteiger partial charge is 0.243 e. The van der Waals surface area contributed by atoms with Crippen molar-refractivity contribution in [3.63, 3.8) is 0 Å². The van der Waals surface area contributed by atoms with E-state index in [4.69, 9.17) is 4.74 Å². The molecule has 1 aromatic rings. The molecule has 5 nitrogen and oxygen atoms in total. The first kappa shape index (κ1) is 12.6. The maximum Gasteiger partial charge on any atom is 0.243 e. The Kier molecular flexibility index (Phi) is 3.59. The lowest BCUT2D eigenvalue weighted by Crippen LogP contribution is -2.35. The fourth-order valence-electron chi connectivity index (χ4n) is 1.17. The summed E-state index contributed by atoms with van der Waals surface area (Å²) in [6.07, 6.45) is 1.70. The van der Waals surface area contributed by atoms with Crippen molar-refractivity contribution >= 4 is 5.78 Å². The molecule has 1 atom stereocenters. The molecule has 0 saturated heterocycles. The van der Waals surface area contributed by atoms with E-state index < -0.39 is 17.3 Å². The molecular weight excluding hydrogens is 208 g/mol. The van der Waals surface area contributed by atoms with E-state index in [0.717, 1.165) is 0 Å². The van der Waals surface area contributed by atoms with Gasteiger partial charge in [0.25, 0.3) is 0 Å². The average Bonchev–Trinajstić information content (AvgIpc) is 2.25. The van der Waals surface area contributed by atoms with Crippen LogP contribution in [0, 0.1) is 5.41 Å². The van der Waals surface area contributed by atoms with Gasteiger partial charge >= 0.3 is 0 Å². The van der Waals surface area contributed by atoms with Gasteiger partial charge in [-0.3, -0.25) is 4.79 Å². The molecule has 0 amide bonds. The first-order valence-corrected chi connectivity index (χ1v) is 4.95. The summed E-state index contributed by atoms with van der Waals surface area (Å²) in [6, 6.07) is 0. The van der Waals surface area contributed by atoms with Crippen LogP contribution in [-0.4, -0.2) is 34.1 Å². The van der Waals surface area contributed by atoms with Crippen LogP contribution in [-0.2, 0) is 0 Å². The number of carbonyl (C=O) groups is 1. The van der Waals surface area contributed by atoms with Crippen LogP contribution < -0.4 is 4.74 Å². The van der Waals surface area contributed by atoms with Crippen molar-refractivity contribution in [3.05, 3.63) is 18.1 Å². The Morgan fingerprint density at radius 1 is 1.38 bits per heavy atom. The highest BCUT2D eigenvalue weighted by atomic mass is 16.5. The van der Waals surface area contributed by atoms with Crippen LogP contribution in [0.3, 0.4) is 0 Å². The van der Waals surface area contributed by atoms with Gasteiger partial charge in [-0.25, -0.2) is 9.97 Å². The Morgan fingerprint density at radius 3 is 2.44 bits per heavy atom. The third-order valence-electron chi connectivity index (χ3n) is 2.16.